The third-order valence-electron chi connectivity index (χ3n) is 6.96. The lowest BCUT2D eigenvalue weighted by atomic mass is 9.98. The van der Waals surface area contributed by atoms with Gasteiger partial charge < -0.3 is 9.80 Å². The van der Waals surface area contributed by atoms with Crippen LogP contribution in [0, 0.1) is 25.2 Å². The molecule has 0 bridgehead atoms. The van der Waals surface area contributed by atoms with Crippen molar-refractivity contribution in [2.75, 3.05) is 35.5 Å². The van der Waals surface area contributed by atoms with E-state index in [4.69, 9.17) is 28.1 Å². The minimum absolute atomic E-state index is 0.203. The van der Waals surface area contributed by atoms with Crippen molar-refractivity contribution in [3.8, 4) is 12.3 Å². The number of terminal acetylenes is 1. The molecule has 0 aliphatic carbocycles. The maximum absolute atomic E-state index is 13.8. The van der Waals surface area contributed by atoms with Gasteiger partial charge in [-0.1, -0.05) is 11.6 Å². The monoisotopic (exact) mass is 540 g/mol. The highest BCUT2D eigenvalue weighted by Gasteiger charge is 2.32. The molecule has 1 N–H and O–H groups in total. The maximum Gasteiger partial charge on any atom is 0.256 e. The number of likely N-dealkylation sites (tertiary alicyclic amines) is 1. The number of carbonyl (C=O) groups excluding carboxylic acids is 1. The fourth-order valence-electron chi connectivity index (χ4n) is 5.21. The molecule has 0 spiro atoms. The highest BCUT2D eigenvalue weighted by atomic mass is 35.5. The Morgan fingerprint density at radius 1 is 1.22 bits per heavy atom. The van der Waals surface area contributed by atoms with Crippen LogP contribution in [0.25, 0.3) is 5.65 Å². The molecule has 194 valence electrons. The Bertz CT molecular complexity index is 1510. The predicted octanol–water partition coefficient (Wildman–Crippen LogP) is 3.89. The fourth-order valence-corrected chi connectivity index (χ4v) is 5.96. The molecular formula is C26H29ClN6O3S. The molecule has 9 nitrogen and oxygen atoms in total. The van der Waals surface area contributed by atoms with E-state index < -0.39 is 10.0 Å². The summed E-state index contributed by atoms with van der Waals surface area (Å²) < 4.78 is 28.0. The zero-order valence-corrected chi connectivity index (χ0v) is 22.4. The molecule has 0 unspecified atom stereocenters. The minimum Gasteiger partial charge on any atom is -0.355 e. The summed E-state index contributed by atoms with van der Waals surface area (Å²) in [4.78, 5) is 22.6. The first-order chi connectivity index (χ1) is 17.6. The molecule has 11 heteroatoms. The number of benzene rings is 1. The molecule has 5 rings (SSSR count). The van der Waals surface area contributed by atoms with E-state index in [0.29, 0.717) is 17.2 Å². The Labute approximate surface area is 221 Å². The van der Waals surface area contributed by atoms with Crippen LogP contribution < -0.4 is 9.62 Å². The highest BCUT2D eigenvalue weighted by Crippen LogP contribution is 2.34. The second-order valence-corrected chi connectivity index (χ2v) is 12.0. The Morgan fingerprint density at radius 3 is 2.76 bits per heavy atom. The number of carbonyl (C=O) groups is 1. The van der Waals surface area contributed by atoms with Gasteiger partial charge in [-0.25, -0.2) is 17.9 Å². The number of nitrogens with one attached hydrogen (secondary N) is 1. The molecule has 2 fully saturated rings. The second-order valence-electron chi connectivity index (χ2n) is 9.79. The number of aryl methyl sites for hydroxylation is 1. The molecular weight excluding hydrogens is 512 g/mol. The van der Waals surface area contributed by atoms with Gasteiger partial charge in [0.25, 0.3) is 5.91 Å². The average molecular weight is 541 g/mol. The molecule has 0 radical (unpaired) electrons. The molecule has 2 aliphatic rings. The Balaban J connectivity index is 1.48. The zero-order valence-electron chi connectivity index (χ0n) is 20.8. The third-order valence-corrected chi connectivity index (χ3v) is 7.79. The average Bonchev–Trinajstić information content (AvgIpc) is 3.50. The lowest BCUT2D eigenvalue weighted by Gasteiger charge is -2.35. The summed E-state index contributed by atoms with van der Waals surface area (Å²) in [5.74, 6) is 3.69. The summed E-state index contributed by atoms with van der Waals surface area (Å²) in [5, 5.41) is 5.15. The number of hydrogen-bond acceptors (Lipinski definition) is 6. The fraction of sp³-hybridized carbons (Fsp3) is 0.423. The number of hydrogen-bond donors (Lipinski definition) is 1. The Kier molecular flexibility index (Phi) is 6.77. The van der Waals surface area contributed by atoms with E-state index >= 15 is 0 Å². The predicted molar refractivity (Wildman–Crippen MR) is 144 cm³/mol. The molecule has 37 heavy (non-hydrogen) atoms. The number of anilines is 2. The smallest absolute Gasteiger partial charge is 0.256 e. The molecule has 2 saturated heterocycles. The lowest BCUT2D eigenvalue weighted by Crippen LogP contribution is -2.39. The van der Waals surface area contributed by atoms with Gasteiger partial charge in [-0.15, -0.1) is 12.3 Å². The van der Waals surface area contributed by atoms with Gasteiger partial charge in [-0.2, -0.15) is 5.10 Å². The van der Waals surface area contributed by atoms with Crippen molar-refractivity contribution in [3.63, 3.8) is 0 Å². The highest BCUT2D eigenvalue weighted by molar-refractivity contribution is 7.92. The second kappa shape index (κ2) is 9.88. The quantitative estimate of drug-likeness (QED) is 0.493. The van der Waals surface area contributed by atoms with Gasteiger partial charge in [0, 0.05) is 48.4 Å². The summed E-state index contributed by atoms with van der Waals surface area (Å²) >= 11 is 6.19. The molecule has 3 aromatic rings. The number of halogens is 1. The largest absolute Gasteiger partial charge is 0.355 e. The van der Waals surface area contributed by atoms with Crippen molar-refractivity contribution in [1.29, 1.82) is 0 Å². The van der Waals surface area contributed by atoms with Crippen LogP contribution in [0.2, 0.25) is 5.02 Å². The number of fused-ring (bicyclic) bond motifs is 1. The van der Waals surface area contributed by atoms with E-state index in [2.05, 4.69) is 15.5 Å². The van der Waals surface area contributed by atoms with Crippen LogP contribution in [0.5, 0.6) is 0 Å². The molecule has 2 aromatic heterocycles. The van der Waals surface area contributed by atoms with Gasteiger partial charge in [0.15, 0.2) is 5.65 Å². The maximum atomic E-state index is 13.8. The Hall–Kier alpha value is -3.29. The standard InChI is InChI=1S/C26H29ClN6O3S/c1-4-18-10-12-31(16-18)25-17(2)15-33-24(28-25)14-22(29-33)23-7-5-6-11-32(23)26(34)20-13-19(27)8-9-21(20)30-37(3,35)36/h1,8-9,13-15,18,23,30H,5-7,10-12,16H2,2-3H3/t18-,23+/m1/s1. The van der Waals surface area contributed by atoms with E-state index in [-0.39, 0.29) is 29.1 Å². The summed E-state index contributed by atoms with van der Waals surface area (Å²) in [5.41, 5.74) is 2.88. The minimum atomic E-state index is -3.58. The van der Waals surface area contributed by atoms with Crippen molar-refractivity contribution >= 4 is 44.7 Å². The molecule has 2 atom stereocenters. The summed E-state index contributed by atoms with van der Waals surface area (Å²) in [6, 6.07) is 6.23. The Morgan fingerprint density at radius 2 is 2.03 bits per heavy atom. The van der Waals surface area contributed by atoms with Gasteiger partial charge in [-0.05, 0) is 50.8 Å². The molecule has 1 aromatic carbocycles. The van der Waals surface area contributed by atoms with E-state index in [1.165, 1.54) is 12.1 Å². The van der Waals surface area contributed by atoms with E-state index in [1.807, 2.05) is 19.2 Å². The van der Waals surface area contributed by atoms with Crippen molar-refractivity contribution in [2.24, 2.45) is 5.92 Å². The van der Waals surface area contributed by atoms with E-state index in [1.54, 1.807) is 15.5 Å². The van der Waals surface area contributed by atoms with Gasteiger partial charge >= 0.3 is 0 Å². The van der Waals surface area contributed by atoms with Crippen LogP contribution in [-0.4, -0.2) is 59.7 Å². The van der Waals surface area contributed by atoms with Crippen LogP contribution in [0.1, 0.15) is 53.3 Å². The SMILES string of the molecule is C#C[C@@H]1CCN(c2nc3cc([C@@H]4CCCCN4C(=O)c4cc(Cl)ccc4NS(C)(=O)=O)nn3cc2C)C1. The number of rotatable bonds is 5. The first-order valence-electron chi connectivity index (χ1n) is 12.3. The van der Waals surface area contributed by atoms with Crippen LogP contribution >= 0.6 is 11.6 Å². The molecule has 1 amide bonds. The van der Waals surface area contributed by atoms with Gasteiger partial charge in [-0.3, -0.25) is 9.52 Å². The van der Waals surface area contributed by atoms with Crippen molar-refractivity contribution in [3.05, 3.63) is 52.3 Å². The number of sulfonamides is 1. The first-order valence-corrected chi connectivity index (χ1v) is 14.6. The van der Waals surface area contributed by atoms with Crippen molar-refractivity contribution in [1.82, 2.24) is 19.5 Å². The van der Waals surface area contributed by atoms with Crippen LogP contribution in [-0.2, 0) is 10.0 Å². The van der Waals surface area contributed by atoms with Crippen molar-refractivity contribution < 1.29 is 13.2 Å². The molecule has 0 saturated carbocycles. The molecule has 4 heterocycles. The first kappa shape index (κ1) is 25.4. The summed E-state index contributed by atoms with van der Waals surface area (Å²) in [6.07, 6.45) is 12.1. The number of piperidine rings is 1. The topological polar surface area (TPSA) is 99.9 Å². The van der Waals surface area contributed by atoms with Gasteiger partial charge in [0.05, 0.1) is 29.2 Å². The molecule has 2 aliphatic heterocycles. The number of nitrogens with zero attached hydrogens (tertiary/aromatic N) is 5. The van der Waals surface area contributed by atoms with Gasteiger partial charge in [0.1, 0.15) is 5.82 Å². The zero-order chi connectivity index (χ0) is 26.3. The number of amides is 1. The third kappa shape index (κ3) is 5.24. The summed E-state index contributed by atoms with van der Waals surface area (Å²) in [7, 11) is -3.58. The van der Waals surface area contributed by atoms with E-state index in [0.717, 1.165) is 62.1 Å². The van der Waals surface area contributed by atoms with Crippen LogP contribution in [0.15, 0.2) is 30.5 Å². The number of aromatic nitrogens is 3. The van der Waals surface area contributed by atoms with E-state index in [9.17, 15) is 13.2 Å². The van der Waals surface area contributed by atoms with Crippen molar-refractivity contribution in [2.45, 2.75) is 38.6 Å². The summed E-state index contributed by atoms with van der Waals surface area (Å²) in [6.45, 7) is 4.20. The lowest BCUT2D eigenvalue weighted by molar-refractivity contribution is 0.0607. The van der Waals surface area contributed by atoms with Crippen LogP contribution in [0.3, 0.4) is 0 Å². The normalized spacial score (nSPS) is 20.3. The van der Waals surface area contributed by atoms with Gasteiger partial charge in [0.2, 0.25) is 10.0 Å². The van der Waals surface area contributed by atoms with Crippen LogP contribution in [0.4, 0.5) is 11.5 Å².